The number of amides is 1. The third kappa shape index (κ3) is 4.12. The molecule has 0 unspecified atom stereocenters. The molecule has 2 aromatic rings. The highest BCUT2D eigenvalue weighted by Crippen LogP contribution is 2.25. The molecule has 144 valence electrons. The summed E-state index contributed by atoms with van der Waals surface area (Å²) < 4.78 is 39.9. The molecule has 2 rings (SSSR count). The normalized spacial score (nSPS) is 11.5. The minimum atomic E-state index is -3.80. The molecular formula is C17H18FN3O5S. The van der Waals surface area contributed by atoms with Crippen molar-refractivity contribution in [2.24, 2.45) is 0 Å². The zero-order chi connectivity index (χ0) is 20.5. The standard InChI is InChI=1S/C17H18FN3O5S/c1-10-7-12(8-16(11(10)2)27(25,26)20(3)4)17(22)19-15-9-13(21(23)24)5-6-14(15)18/h5-9H,1-4H3,(H,19,22). The zero-order valence-electron chi connectivity index (χ0n) is 15.1. The predicted molar refractivity (Wildman–Crippen MR) is 97.8 cm³/mol. The first-order chi connectivity index (χ1) is 12.4. The summed E-state index contributed by atoms with van der Waals surface area (Å²) in [6, 6.07) is 5.40. The number of non-ortho nitro benzene ring substituents is 1. The third-order valence-corrected chi connectivity index (χ3v) is 5.99. The maximum Gasteiger partial charge on any atom is 0.271 e. The second kappa shape index (κ2) is 7.41. The van der Waals surface area contributed by atoms with Gasteiger partial charge in [-0.05, 0) is 43.2 Å². The minimum Gasteiger partial charge on any atom is -0.319 e. The van der Waals surface area contributed by atoms with E-state index in [0.717, 1.165) is 22.5 Å². The van der Waals surface area contributed by atoms with Crippen molar-refractivity contribution in [3.8, 4) is 0 Å². The average molecular weight is 395 g/mol. The first-order valence-corrected chi connectivity index (χ1v) is 9.18. The predicted octanol–water partition coefficient (Wildman–Crippen LogP) is 2.85. The number of carbonyl (C=O) groups excluding carboxylic acids is 1. The Labute approximate surface area is 155 Å². The van der Waals surface area contributed by atoms with Gasteiger partial charge in [0, 0.05) is 31.8 Å². The van der Waals surface area contributed by atoms with E-state index in [1.165, 1.54) is 26.2 Å². The summed E-state index contributed by atoms with van der Waals surface area (Å²) in [5.41, 5.74) is 0.279. The van der Waals surface area contributed by atoms with Crippen molar-refractivity contribution in [2.75, 3.05) is 19.4 Å². The van der Waals surface area contributed by atoms with Crippen LogP contribution in [0, 0.1) is 29.8 Å². The van der Waals surface area contributed by atoms with E-state index in [4.69, 9.17) is 0 Å². The number of rotatable bonds is 5. The molecule has 1 N–H and O–H groups in total. The quantitative estimate of drug-likeness (QED) is 0.618. The largest absolute Gasteiger partial charge is 0.319 e. The molecule has 0 bridgehead atoms. The molecule has 0 radical (unpaired) electrons. The molecular weight excluding hydrogens is 377 g/mol. The van der Waals surface area contributed by atoms with Crippen LogP contribution in [0.25, 0.3) is 0 Å². The Morgan fingerprint density at radius 1 is 1.19 bits per heavy atom. The van der Waals surface area contributed by atoms with Crippen LogP contribution in [0.1, 0.15) is 21.5 Å². The third-order valence-electron chi connectivity index (χ3n) is 4.05. The Morgan fingerprint density at radius 2 is 1.81 bits per heavy atom. The number of hydrogen-bond acceptors (Lipinski definition) is 5. The van der Waals surface area contributed by atoms with Gasteiger partial charge in [0.05, 0.1) is 15.5 Å². The van der Waals surface area contributed by atoms with Crippen molar-refractivity contribution in [3.05, 3.63) is 63.0 Å². The SMILES string of the molecule is Cc1cc(C(=O)Nc2cc([N+](=O)[O-])ccc2F)cc(S(=O)(=O)N(C)C)c1C. The van der Waals surface area contributed by atoms with Crippen molar-refractivity contribution >= 4 is 27.3 Å². The van der Waals surface area contributed by atoms with Crippen molar-refractivity contribution in [1.29, 1.82) is 0 Å². The molecule has 1 amide bonds. The number of aryl methyl sites for hydroxylation is 1. The van der Waals surface area contributed by atoms with E-state index in [1.807, 2.05) is 0 Å². The maximum atomic E-state index is 13.9. The average Bonchev–Trinajstić information content (AvgIpc) is 2.58. The lowest BCUT2D eigenvalue weighted by Gasteiger charge is -2.16. The van der Waals surface area contributed by atoms with Crippen LogP contribution in [0.2, 0.25) is 0 Å². The topological polar surface area (TPSA) is 110 Å². The number of sulfonamides is 1. The van der Waals surface area contributed by atoms with Gasteiger partial charge in [0.2, 0.25) is 10.0 Å². The summed E-state index contributed by atoms with van der Waals surface area (Å²) in [6.45, 7) is 3.27. The smallest absolute Gasteiger partial charge is 0.271 e. The van der Waals surface area contributed by atoms with E-state index < -0.39 is 26.7 Å². The number of nitrogens with zero attached hydrogens (tertiary/aromatic N) is 2. The molecule has 0 spiro atoms. The number of benzene rings is 2. The van der Waals surface area contributed by atoms with E-state index >= 15 is 0 Å². The fraction of sp³-hybridized carbons (Fsp3) is 0.235. The molecule has 0 saturated heterocycles. The van der Waals surface area contributed by atoms with Crippen molar-refractivity contribution in [1.82, 2.24) is 4.31 Å². The molecule has 2 aromatic carbocycles. The van der Waals surface area contributed by atoms with E-state index in [-0.39, 0.29) is 21.8 Å². The van der Waals surface area contributed by atoms with E-state index in [1.54, 1.807) is 13.8 Å². The molecule has 0 saturated carbocycles. The van der Waals surface area contributed by atoms with E-state index in [9.17, 15) is 27.7 Å². The molecule has 0 heterocycles. The molecule has 8 nitrogen and oxygen atoms in total. The second-order valence-corrected chi connectivity index (χ2v) is 8.20. The molecule has 0 aliphatic heterocycles. The van der Waals surface area contributed by atoms with Gasteiger partial charge in [-0.15, -0.1) is 0 Å². The van der Waals surface area contributed by atoms with Crippen LogP contribution < -0.4 is 5.32 Å². The van der Waals surface area contributed by atoms with Gasteiger partial charge in [0.25, 0.3) is 11.6 Å². The van der Waals surface area contributed by atoms with Gasteiger partial charge in [-0.3, -0.25) is 14.9 Å². The Morgan fingerprint density at radius 3 is 2.37 bits per heavy atom. The van der Waals surface area contributed by atoms with Crippen LogP contribution in [0.4, 0.5) is 15.8 Å². The van der Waals surface area contributed by atoms with Gasteiger partial charge in [-0.25, -0.2) is 17.1 Å². The van der Waals surface area contributed by atoms with Gasteiger partial charge in [0.1, 0.15) is 5.82 Å². The van der Waals surface area contributed by atoms with Crippen LogP contribution in [-0.2, 0) is 10.0 Å². The molecule has 0 aliphatic rings. The lowest BCUT2D eigenvalue weighted by Crippen LogP contribution is -2.24. The molecule has 0 aliphatic carbocycles. The van der Waals surface area contributed by atoms with Gasteiger partial charge in [-0.1, -0.05) is 0 Å². The van der Waals surface area contributed by atoms with E-state index in [0.29, 0.717) is 11.1 Å². The summed E-state index contributed by atoms with van der Waals surface area (Å²) >= 11 is 0. The number of anilines is 1. The van der Waals surface area contributed by atoms with E-state index in [2.05, 4.69) is 5.32 Å². The molecule has 27 heavy (non-hydrogen) atoms. The second-order valence-electron chi connectivity index (χ2n) is 6.08. The molecule has 0 aromatic heterocycles. The molecule has 10 heteroatoms. The van der Waals surface area contributed by atoms with Crippen LogP contribution in [0.3, 0.4) is 0 Å². The molecule has 0 fully saturated rings. The first kappa shape index (κ1) is 20.5. The van der Waals surface area contributed by atoms with Gasteiger partial charge < -0.3 is 5.32 Å². The lowest BCUT2D eigenvalue weighted by atomic mass is 10.1. The first-order valence-electron chi connectivity index (χ1n) is 7.74. The number of halogens is 1. The highest BCUT2D eigenvalue weighted by Gasteiger charge is 2.23. The van der Waals surface area contributed by atoms with Crippen LogP contribution in [-0.4, -0.2) is 37.6 Å². The van der Waals surface area contributed by atoms with Crippen LogP contribution in [0.15, 0.2) is 35.2 Å². The summed E-state index contributed by atoms with van der Waals surface area (Å²) in [5, 5.41) is 13.1. The highest BCUT2D eigenvalue weighted by atomic mass is 32.2. The van der Waals surface area contributed by atoms with Gasteiger partial charge in [0.15, 0.2) is 0 Å². The lowest BCUT2D eigenvalue weighted by molar-refractivity contribution is -0.384. The Bertz CT molecular complexity index is 1040. The number of carbonyl (C=O) groups is 1. The number of nitro groups is 1. The maximum absolute atomic E-state index is 13.9. The van der Waals surface area contributed by atoms with Gasteiger partial charge >= 0.3 is 0 Å². The Kier molecular flexibility index (Phi) is 5.62. The molecule has 0 atom stereocenters. The summed E-state index contributed by atoms with van der Waals surface area (Å²) in [7, 11) is -1.05. The number of hydrogen-bond donors (Lipinski definition) is 1. The van der Waals surface area contributed by atoms with Crippen molar-refractivity contribution < 1.29 is 22.5 Å². The summed E-state index contributed by atoms with van der Waals surface area (Å²) in [4.78, 5) is 22.6. The monoisotopic (exact) mass is 395 g/mol. The fourth-order valence-corrected chi connectivity index (χ4v) is 3.56. The summed E-state index contributed by atoms with van der Waals surface area (Å²) in [6.07, 6.45) is 0. The van der Waals surface area contributed by atoms with Gasteiger partial charge in [-0.2, -0.15) is 0 Å². The van der Waals surface area contributed by atoms with Crippen molar-refractivity contribution in [2.45, 2.75) is 18.7 Å². The Balaban J connectivity index is 2.48. The number of nitrogens with one attached hydrogen (secondary N) is 1. The van der Waals surface area contributed by atoms with Crippen LogP contribution >= 0.6 is 0 Å². The fourth-order valence-electron chi connectivity index (χ4n) is 2.34. The van der Waals surface area contributed by atoms with Crippen molar-refractivity contribution in [3.63, 3.8) is 0 Å². The number of nitro benzene ring substituents is 1. The summed E-state index contributed by atoms with van der Waals surface area (Å²) in [5.74, 6) is -1.63. The zero-order valence-corrected chi connectivity index (χ0v) is 15.9. The Hall–Kier alpha value is -2.85. The minimum absolute atomic E-state index is 0.00979. The highest BCUT2D eigenvalue weighted by molar-refractivity contribution is 7.89. The van der Waals surface area contributed by atoms with Crippen LogP contribution in [0.5, 0.6) is 0 Å².